The molecule has 0 saturated carbocycles. The second-order valence-corrected chi connectivity index (χ2v) is 8.00. The number of phosphoric acid groups is 1. The van der Waals surface area contributed by atoms with Crippen LogP contribution >= 0.6 is 7.82 Å². The fourth-order valence-electron chi connectivity index (χ4n) is 1.47. The molecule has 0 aromatic carbocycles. The second-order valence-electron chi connectivity index (χ2n) is 6.55. The van der Waals surface area contributed by atoms with Gasteiger partial charge in [-0.25, -0.2) is 4.57 Å². The van der Waals surface area contributed by atoms with Gasteiger partial charge in [0.2, 0.25) is 0 Å². The molecular formula is C14H25NO12P+. The first kappa shape index (κ1) is 26.0. The van der Waals surface area contributed by atoms with Crippen LogP contribution in [0.5, 0.6) is 0 Å². The minimum atomic E-state index is -4.53. The number of hydrogen-bond donors (Lipinski definition) is 3. The Morgan fingerprint density at radius 1 is 0.929 bits per heavy atom. The zero-order valence-electron chi connectivity index (χ0n) is 15.7. The van der Waals surface area contributed by atoms with Crippen LogP contribution in [0.15, 0.2) is 0 Å². The number of carbonyl (C=O) groups is 4. The van der Waals surface area contributed by atoms with Crippen LogP contribution in [-0.4, -0.2) is 97.1 Å². The Hall–Kier alpha value is -2.05. The van der Waals surface area contributed by atoms with E-state index in [9.17, 15) is 28.6 Å². The Morgan fingerprint density at radius 2 is 1.46 bits per heavy atom. The summed E-state index contributed by atoms with van der Waals surface area (Å²) in [6.07, 6.45) is -3.41. The molecule has 0 aliphatic heterocycles. The van der Waals surface area contributed by atoms with Crippen molar-refractivity contribution in [1.29, 1.82) is 0 Å². The standard InChI is InChI=1S/C14H24NO12P/c1-15(2,3)4-5-25-28(22,23)26-9-10(27-14(21)7-12(18)19)8-24-13(20)6-11(16)17/h10H,4-9H2,1-3H3,(H2-,16,17,18,19,22,23)/p+1. The van der Waals surface area contributed by atoms with E-state index in [1.807, 2.05) is 21.1 Å². The van der Waals surface area contributed by atoms with E-state index >= 15 is 0 Å². The summed E-state index contributed by atoms with van der Waals surface area (Å²) in [6.45, 7) is -1.20. The number of rotatable bonds is 14. The number of carboxylic acid groups (broad SMARTS) is 2. The van der Waals surface area contributed by atoms with Crippen molar-refractivity contribution >= 4 is 31.7 Å². The number of quaternary nitrogens is 1. The molecule has 0 heterocycles. The number of phosphoric ester groups is 1. The predicted octanol–water partition coefficient (Wildman–Crippen LogP) is -0.769. The molecule has 13 nitrogen and oxygen atoms in total. The monoisotopic (exact) mass is 430 g/mol. The van der Waals surface area contributed by atoms with Gasteiger partial charge in [-0.2, -0.15) is 0 Å². The maximum atomic E-state index is 11.8. The van der Waals surface area contributed by atoms with Crippen LogP contribution in [0.25, 0.3) is 0 Å². The lowest BCUT2D eigenvalue weighted by Crippen LogP contribution is -2.37. The number of ether oxygens (including phenoxy) is 2. The van der Waals surface area contributed by atoms with Gasteiger partial charge in [0.1, 0.15) is 32.6 Å². The lowest BCUT2D eigenvalue weighted by atomic mass is 10.4. The number of likely N-dealkylation sites (N-methyl/N-ethyl adjacent to an activating group) is 1. The van der Waals surface area contributed by atoms with Crippen molar-refractivity contribution in [3.8, 4) is 0 Å². The van der Waals surface area contributed by atoms with E-state index in [1.54, 1.807) is 0 Å². The van der Waals surface area contributed by atoms with Gasteiger partial charge < -0.3 is 29.1 Å². The number of aliphatic carboxylic acids is 2. The van der Waals surface area contributed by atoms with E-state index in [4.69, 9.17) is 19.5 Å². The fraction of sp³-hybridized carbons (Fsp3) is 0.714. The van der Waals surface area contributed by atoms with E-state index < -0.39 is 63.9 Å². The molecule has 0 bridgehead atoms. The molecule has 0 aromatic rings. The molecule has 2 unspecified atom stereocenters. The quantitative estimate of drug-likeness (QED) is 0.136. The van der Waals surface area contributed by atoms with Gasteiger partial charge in [-0.15, -0.1) is 0 Å². The summed E-state index contributed by atoms with van der Waals surface area (Å²) in [5.74, 6) is -5.30. The number of hydrogen-bond acceptors (Lipinski definition) is 9. The van der Waals surface area contributed by atoms with E-state index in [0.29, 0.717) is 11.0 Å². The Labute approximate surface area is 160 Å². The van der Waals surface area contributed by atoms with Gasteiger partial charge in [0, 0.05) is 0 Å². The zero-order valence-corrected chi connectivity index (χ0v) is 16.6. The molecule has 0 spiro atoms. The summed E-state index contributed by atoms with van der Waals surface area (Å²) in [5.41, 5.74) is 0. The molecule has 162 valence electrons. The van der Waals surface area contributed by atoms with Gasteiger partial charge in [-0.3, -0.25) is 28.2 Å². The largest absolute Gasteiger partial charge is 0.481 e. The number of esters is 2. The Morgan fingerprint density at radius 3 is 1.96 bits per heavy atom. The summed E-state index contributed by atoms with van der Waals surface area (Å²) in [5, 5.41) is 17.0. The molecule has 0 amide bonds. The Balaban J connectivity index is 4.73. The molecule has 0 aromatic heterocycles. The third-order valence-electron chi connectivity index (χ3n) is 2.76. The average Bonchev–Trinajstić information content (AvgIpc) is 2.47. The van der Waals surface area contributed by atoms with Crippen LogP contribution in [0.4, 0.5) is 0 Å². The summed E-state index contributed by atoms with van der Waals surface area (Å²) >= 11 is 0. The first-order valence-corrected chi connectivity index (χ1v) is 9.41. The molecular weight excluding hydrogens is 405 g/mol. The van der Waals surface area contributed by atoms with Gasteiger partial charge in [0.05, 0.1) is 27.7 Å². The van der Waals surface area contributed by atoms with E-state index in [2.05, 4.69) is 9.26 Å². The van der Waals surface area contributed by atoms with Gasteiger partial charge in [-0.1, -0.05) is 0 Å². The number of carboxylic acids is 2. The summed E-state index contributed by atoms with van der Waals surface area (Å²) in [7, 11) is 0.962. The van der Waals surface area contributed by atoms with E-state index in [0.717, 1.165) is 0 Å². The number of carbonyl (C=O) groups excluding carboxylic acids is 2. The van der Waals surface area contributed by atoms with Crippen LogP contribution in [0.3, 0.4) is 0 Å². The highest BCUT2D eigenvalue weighted by Gasteiger charge is 2.27. The minimum absolute atomic E-state index is 0.117. The number of nitrogens with zero attached hydrogens (tertiary/aromatic N) is 1. The summed E-state index contributed by atoms with van der Waals surface area (Å²) in [6, 6.07) is 0. The highest BCUT2D eigenvalue weighted by molar-refractivity contribution is 7.47. The van der Waals surface area contributed by atoms with Crippen LogP contribution < -0.4 is 0 Å². The van der Waals surface area contributed by atoms with Crippen LogP contribution in [0.1, 0.15) is 12.8 Å². The first-order valence-electron chi connectivity index (χ1n) is 7.91. The van der Waals surface area contributed by atoms with Crippen molar-refractivity contribution in [3.63, 3.8) is 0 Å². The molecule has 3 N–H and O–H groups in total. The Kier molecular flexibility index (Phi) is 10.9. The lowest BCUT2D eigenvalue weighted by molar-refractivity contribution is -0.870. The summed E-state index contributed by atoms with van der Waals surface area (Å²) in [4.78, 5) is 53.2. The van der Waals surface area contributed by atoms with Crippen LogP contribution in [-0.2, 0) is 42.3 Å². The molecule has 0 fully saturated rings. The van der Waals surface area contributed by atoms with Crippen molar-refractivity contribution < 1.29 is 61.9 Å². The molecule has 14 heteroatoms. The molecule has 0 saturated heterocycles. The second kappa shape index (κ2) is 11.7. The molecule has 28 heavy (non-hydrogen) atoms. The topological polar surface area (TPSA) is 183 Å². The van der Waals surface area contributed by atoms with Gasteiger partial charge in [-0.05, 0) is 0 Å². The molecule has 2 atom stereocenters. The van der Waals surface area contributed by atoms with Crippen molar-refractivity contribution in [2.45, 2.75) is 18.9 Å². The highest BCUT2D eigenvalue weighted by atomic mass is 31.2. The molecule has 0 aliphatic carbocycles. The zero-order chi connectivity index (χ0) is 22.0. The fourth-order valence-corrected chi connectivity index (χ4v) is 2.21. The third kappa shape index (κ3) is 15.1. The van der Waals surface area contributed by atoms with Crippen molar-refractivity contribution in [2.24, 2.45) is 0 Å². The summed E-state index contributed by atoms with van der Waals surface area (Å²) < 4.78 is 31.0. The van der Waals surface area contributed by atoms with Crippen molar-refractivity contribution in [1.82, 2.24) is 0 Å². The Bertz CT molecular complexity index is 614. The van der Waals surface area contributed by atoms with Gasteiger partial charge >= 0.3 is 31.7 Å². The van der Waals surface area contributed by atoms with Crippen molar-refractivity contribution in [3.05, 3.63) is 0 Å². The minimum Gasteiger partial charge on any atom is -0.481 e. The lowest BCUT2D eigenvalue weighted by Gasteiger charge is -2.24. The predicted molar refractivity (Wildman–Crippen MR) is 90.0 cm³/mol. The van der Waals surface area contributed by atoms with Gasteiger partial charge in [0.25, 0.3) is 0 Å². The van der Waals surface area contributed by atoms with Gasteiger partial charge in [0.15, 0.2) is 6.10 Å². The normalized spacial score (nSPS) is 14.6. The maximum absolute atomic E-state index is 11.8. The maximum Gasteiger partial charge on any atom is 0.472 e. The third-order valence-corrected chi connectivity index (χ3v) is 3.74. The van der Waals surface area contributed by atoms with E-state index in [-0.39, 0.29) is 6.61 Å². The molecule has 0 rings (SSSR count). The smallest absolute Gasteiger partial charge is 0.472 e. The molecule has 0 radical (unpaired) electrons. The first-order chi connectivity index (χ1) is 12.7. The van der Waals surface area contributed by atoms with Crippen LogP contribution in [0.2, 0.25) is 0 Å². The average molecular weight is 430 g/mol. The molecule has 0 aliphatic rings. The van der Waals surface area contributed by atoms with E-state index in [1.165, 1.54) is 0 Å². The van der Waals surface area contributed by atoms with Crippen molar-refractivity contribution in [2.75, 3.05) is 47.5 Å². The SMILES string of the molecule is C[N+](C)(C)CCOP(=O)(O)OCC(COC(=O)CC(=O)O)OC(=O)CC(=O)O. The highest BCUT2D eigenvalue weighted by Crippen LogP contribution is 2.43. The van der Waals surface area contributed by atoms with Crippen LogP contribution in [0, 0.1) is 0 Å².